The van der Waals surface area contributed by atoms with E-state index in [0.29, 0.717) is 0 Å². The third-order valence-corrected chi connectivity index (χ3v) is 0.183. The molecule has 0 aromatic heterocycles. The molecule has 0 unspecified atom stereocenters. The Labute approximate surface area is 59.3 Å². The molecule has 38 valence electrons. The summed E-state index contributed by atoms with van der Waals surface area (Å²) in [6.45, 7) is 0. The van der Waals surface area contributed by atoms with Crippen molar-refractivity contribution >= 4 is 39.2 Å². The second-order valence-corrected chi connectivity index (χ2v) is 0.610. The number of rotatable bonds is 0. The predicted octanol–water partition coefficient (Wildman–Crippen LogP) is -1.23. The zero-order chi connectivity index (χ0) is 5.15. The maximum absolute atomic E-state index is 9.10. The van der Waals surface area contributed by atoms with Gasteiger partial charge < -0.3 is 10.2 Å². The van der Waals surface area contributed by atoms with Crippen LogP contribution in [0.15, 0.2) is 0 Å². The molecule has 7 heavy (non-hydrogen) atoms. The topological polar surface area (TPSA) is 74.6 Å². The van der Waals surface area contributed by atoms with Crippen LogP contribution in [0.4, 0.5) is 0 Å². The first kappa shape index (κ1) is 9.98. The first-order chi connectivity index (χ1) is 2.64. The van der Waals surface area contributed by atoms with Crippen LogP contribution in [0.3, 0.4) is 0 Å². The van der Waals surface area contributed by atoms with Gasteiger partial charge in [0.1, 0.15) is 0 Å². The summed E-state index contributed by atoms with van der Waals surface area (Å²) in [5, 5.41) is 14.8. The normalized spacial score (nSPS) is 6.29. The van der Waals surface area contributed by atoms with Crippen molar-refractivity contribution in [3.63, 3.8) is 0 Å². The molecule has 0 saturated carbocycles. The summed E-state index contributed by atoms with van der Waals surface area (Å²) < 4.78 is 0. The molecule has 0 rings (SSSR count). The largest absolute Gasteiger partial charge is 0.473 e. The molecule has 0 aliphatic rings. The van der Waals surface area contributed by atoms with E-state index in [4.69, 9.17) is 19.8 Å². The third kappa shape index (κ3) is 5.86. The fourth-order valence-corrected chi connectivity index (χ4v) is 0. The van der Waals surface area contributed by atoms with Crippen molar-refractivity contribution in [2.24, 2.45) is 0 Å². The van der Waals surface area contributed by atoms with E-state index in [1.54, 1.807) is 0 Å². The van der Waals surface area contributed by atoms with E-state index in [1.807, 2.05) is 0 Å². The summed E-state index contributed by atoms with van der Waals surface area (Å²) in [4.78, 5) is 18.2. The zero-order valence-corrected chi connectivity index (χ0v) is 7.10. The first-order valence-electron chi connectivity index (χ1n) is 1.11. The molecule has 0 saturated heterocycles. The van der Waals surface area contributed by atoms with Crippen molar-refractivity contribution in [3.8, 4) is 0 Å². The van der Waals surface area contributed by atoms with Crippen molar-refractivity contribution in [1.29, 1.82) is 0 Å². The number of hydrogen-bond donors (Lipinski definition) is 2. The quantitative estimate of drug-likeness (QED) is 0.434. The molecular formula is C2H2O4Pb. The Morgan fingerprint density at radius 1 is 1.00 bits per heavy atom. The molecule has 0 aromatic carbocycles. The minimum Gasteiger partial charge on any atom is -0.473 e. The van der Waals surface area contributed by atoms with Gasteiger partial charge in [-0.05, 0) is 0 Å². The zero-order valence-electron chi connectivity index (χ0n) is 3.21. The molecule has 0 aliphatic heterocycles. The third-order valence-electron chi connectivity index (χ3n) is 0.183. The summed E-state index contributed by atoms with van der Waals surface area (Å²) in [5.74, 6) is -3.65. The van der Waals surface area contributed by atoms with E-state index in [9.17, 15) is 0 Å². The van der Waals surface area contributed by atoms with Gasteiger partial charge in [-0.1, -0.05) is 0 Å². The molecule has 0 aromatic rings. The fraction of sp³-hybridized carbons (Fsp3) is 0. The molecule has 0 bridgehead atoms. The molecule has 0 spiro atoms. The molecule has 4 nitrogen and oxygen atoms in total. The maximum Gasteiger partial charge on any atom is 0.414 e. The van der Waals surface area contributed by atoms with Crippen LogP contribution in [0, 0.1) is 0 Å². The van der Waals surface area contributed by atoms with Crippen LogP contribution in [-0.4, -0.2) is 49.5 Å². The molecule has 0 heterocycles. The number of carbonyl (C=O) groups is 2. The number of carboxylic acid groups (broad SMARTS) is 2. The summed E-state index contributed by atoms with van der Waals surface area (Å²) in [6.07, 6.45) is 0. The van der Waals surface area contributed by atoms with E-state index >= 15 is 0 Å². The minimum absolute atomic E-state index is 0. The molecule has 4 radical (unpaired) electrons. The van der Waals surface area contributed by atoms with Crippen molar-refractivity contribution in [3.05, 3.63) is 0 Å². The number of hydrogen-bond acceptors (Lipinski definition) is 2. The Kier molecular flexibility index (Phi) is 5.75. The van der Waals surface area contributed by atoms with E-state index < -0.39 is 11.9 Å². The molecule has 0 aliphatic carbocycles. The maximum atomic E-state index is 9.10. The predicted molar refractivity (Wildman–Crippen MR) is 21.0 cm³/mol. The smallest absolute Gasteiger partial charge is 0.414 e. The van der Waals surface area contributed by atoms with Crippen LogP contribution in [0.5, 0.6) is 0 Å². The standard InChI is InChI=1S/C2H2O4.Pb/c3-1(4)2(5)6;/h(H,3,4)(H,5,6);. The van der Waals surface area contributed by atoms with Gasteiger partial charge in [-0.15, -0.1) is 0 Å². The van der Waals surface area contributed by atoms with Crippen LogP contribution in [0.1, 0.15) is 0 Å². The molecule has 0 fully saturated rings. The summed E-state index contributed by atoms with van der Waals surface area (Å²) in [7, 11) is 0. The number of aliphatic carboxylic acids is 2. The molecule has 0 amide bonds. The van der Waals surface area contributed by atoms with E-state index in [1.165, 1.54) is 0 Å². The molecule has 5 heteroatoms. The van der Waals surface area contributed by atoms with Gasteiger partial charge in [-0.3, -0.25) is 0 Å². The average Bonchev–Trinajstić information content (AvgIpc) is 1.36. The van der Waals surface area contributed by atoms with E-state index in [-0.39, 0.29) is 27.3 Å². The second-order valence-electron chi connectivity index (χ2n) is 0.610. The van der Waals surface area contributed by atoms with Crippen molar-refractivity contribution in [1.82, 2.24) is 0 Å². The van der Waals surface area contributed by atoms with Gasteiger partial charge >= 0.3 is 11.9 Å². The van der Waals surface area contributed by atoms with Gasteiger partial charge in [0.15, 0.2) is 0 Å². The number of carboxylic acids is 2. The van der Waals surface area contributed by atoms with E-state index in [2.05, 4.69) is 0 Å². The molecule has 2 N–H and O–H groups in total. The fourth-order valence-electron chi connectivity index (χ4n) is 0. The summed E-state index contributed by atoms with van der Waals surface area (Å²) in [5.41, 5.74) is 0. The molecule has 0 atom stereocenters. The monoisotopic (exact) mass is 298 g/mol. The van der Waals surface area contributed by atoms with Crippen LogP contribution < -0.4 is 0 Å². The Morgan fingerprint density at radius 3 is 1.14 bits per heavy atom. The van der Waals surface area contributed by atoms with Gasteiger partial charge in [-0.2, -0.15) is 0 Å². The van der Waals surface area contributed by atoms with Crippen molar-refractivity contribution in [2.75, 3.05) is 0 Å². The molecular weight excluding hydrogens is 295 g/mol. The van der Waals surface area contributed by atoms with Crippen molar-refractivity contribution in [2.45, 2.75) is 0 Å². The Hall–Kier alpha value is -0.138. The summed E-state index contributed by atoms with van der Waals surface area (Å²) in [6, 6.07) is 0. The summed E-state index contributed by atoms with van der Waals surface area (Å²) >= 11 is 0. The van der Waals surface area contributed by atoms with Gasteiger partial charge in [0.2, 0.25) is 0 Å². The van der Waals surface area contributed by atoms with Crippen LogP contribution >= 0.6 is 0 Å². The van der Waals surface area contributed by atoms with Crippen LogP contribution in [0.2, 0.25) is 0 Å². The van der Waals surface area contributed by atoms with E-state index in [0.717, 1.165) is 0 Å². The van der Waals surface area contributed by atoms with Crippen LogP contribution in [-0.2, 0) is 9.59 Å². The van der Waals surface area contributed by atoms with Gasteiger partial charge in [0, 0.05) is 27.3 Å². The SMILES string of the molecule is O=C(O)C(=O)O.[Pb]. The second kappa shape index (κ2) is 4.03. The Bertz CT molecular complexity index is 75.7. The average molecular weight is 297 g/mol. The van der Waals surface area contributed by atoms with Gasteiger partial charge in [-0.25, -0.2) is 9.59 Å². The van der Waals surface area contributed by atoms with Gasteiger partial charge in [0.25, 0.3) is 0 Å². The van der Waals surface area contributed by atoms with Crippen LogP contribution in [0.25, 0.3) is 0 Å². The first-order valence-corrected chi connectivity index (χ1v) is 1.11. The minimum atomic E-state index is -1.82. The Balaban J connectivity index is 0. The Morgan fingerprint density at radius 2 is 1.14 bits per heavy atom. The van der Waals surface area contributed by atoms with Gasteiger partial charge in [0.05, 0.1) is 0 Å². The van der Waals surface area contributed by atoms with Crippen molar-refractivity contribution < 1.29 is 19.8 Å².